The van der Waals surface area contributed by atoms with Gasteiger partial charge in [-0.2, -0.15) is 0 Å². The first kappa shape index (κ1) is 16.2. The average molecular weight is 355 g/mol. The highest BCUT2D eigenvalue weighted by atomic mass is 32.1. The molecule has 1 aliphatic rings. The molecule has 0 amide bonds. The van der Waals surface area contributed by atoms with Crippen LogP contribution in [0.4, 0.5) is 4.39 Å². The number of fused-ring (bicyclic) bond motifs is 3. The second-order valence-corrected chi connectivity index (χ2v) is 7.61. The van der Waals surface area contributed by atoms with Crippen LogP contribution in [0.5, 0.6) is 0 Å². The zero-order chi connectivity index (χ0) is 17.6. The summed E-state index contributed by atoms with van der Waals surface area (Å²) in [5.74, 6) is -1.21. The Morgan fingerprint density at radius 3 is 2.88 bits per heavy atom. The first-order valence-electron chi connectivity index (χ1n) is 8.46. The number of aryl methyl sites for hydroxylation is 3. The Balaban J connectivity index is 2.10. The summed E-state index contributed by atoms with van der Waals surface area (Å²) in [6.07, 6.45) is 4.23. The van der Waals surface area contributed by atoms with Crippen molar-refractivity contribution in [3.63, 3.8) is 0 Å². The smallest absolute Gasteiger partial charge is 0.307 e. The number of benzene rings is 1. The van der Waals surface area contributed by atoms with Gasteiger partial charge in [-0.15, -0.1) is 11.3 Å². The van der Waals surface area contributed by atoms with Gasteiger partial charge in [-0.1, -0.05) is 12.1 Å². The number of aromatic nitrogens is 1. The molecule has 0 saturated carbocycles. The Kier molecular flexibility index (Phi) is 4.04. The van der Waals surface area contributed by atoms with Crippen LogP contribution in [0.3, 0.4) is 0 Å². The minimum absolute atomic E-state index is 0.106. The van der Waals surface area contributed by atoms with Gasteiger partial charge < -0.3 is 5.11 Å². The fourth-order valence-corrected chi connectivity index (χ4v) is 5.09. The van der Waals surface area contributed by atoms with Crippen molar-refractivity contribution in [1.29, 1.82) is 0 Å². The molecule has 25 heavy (non-hydrogen) atoms. The molecule has 128 valence electrons. The number of halogens is 1. The second-order valence-electron chi connectivity index (χ2n) is 6.52. The molecular weight excluding hydrogens is 337 g/mol. The molecule has 2 heterocycles. The van der Waals surface area contributed by atoms with Gasteiger partial charge in [-0.05, 0) is 67.0 Å². The molecule has 0 bridgehead atoms. The molecule has 0 radical (unpaired) electrons. The zero-order valence-electron chi connectivity index (χ0n) is 13.9. The third-order valence-corrected chi connectivity index (χ3v) is 6.04. The molecule has 3 aromatic rings. The summed E-state index contributed by atoms with van der Waals surface area (Å²) in [6, 6.07) is 6.44. The zero-order valence-corrected chi connectivity index (χ0v) is 14.8. The first-order chi connectivity index (χ1) is 12.0. The third kappa shape index (κ3) is 2.82. The number of pyridine rings is 1. The minimum Gasteiger partial charge on any atom is -0.481 e. The lowest BCUT2D eigenvalue weighted by Crippen LogP contribution is -2.07. The average Bonchev–Trinajstić information content (AvgIpc) is 2.93. The molecule has 1 aromatic carbocycles. The van der Waals surface area contributed by atoms with Crippen LogP contribution >= 0.6 is 11.3 Å². The van der Waals surface area contributed by atoms with Gasteiger partial charge in [0, 0.05) is 16.0 Å². The molecule has 4 rings (SSSR count). The molecular formula is C20H18FNO2S. The molecule has 3 nitrogen and oxygen atoms in total. The van der Waals surface area contributed by atoms with Crippen LogP contribution in [0.1, 0.15) is 34.5 Å². The van der Waals surface area contributed by atoms with Crippen molar-refractivity contribution in [2.24, 2.45) is 0 Å². The van der Waals surface area contributed by atoms with Gasteiger partial charge in [0.15, 0.2) is 0 Å². The maximum Gasteiger partial charge on any atom is 0.307 e. The topological polar surface area (TPSA) is 50.2 Å². The van der Waals surface area contributed by atoms with E-state index in [0.717, 1.165) is 40.6 Å². The van der Waals surface area contributed by atoms with E-state index in [2.05, 4.69) is 0 Å². The molecule has 1 aliphatic carbocycles. The van der Waals surface area contributed by atoms with Crippen LogP contribution in [0.2, 0.25) is 0 Å². The summed E-state index contributed by atoms with van der Waals surface area (Å²) in [6.45, 7) is 1.85. The fraction of sp³-hybridized carbons (Fsp3) is 0.300. The Morgan fingerprint density at radius 2 is 2.12 bits per heavy atom. The van der Waals surface area contributed by atoms with E-state index in [9.17, 15) is 14.3 Å². The standard InChI is InChI=1S/C20H18FNO2S/c1-11-15(10-17(23)24)18(12-5-4-6-13(21)9-12)19-14-7-2-3-8-16(14)25-20(19)22-11/h4-6,9H,2-3,7-8,10H2,1H3,(H,23,24). The van der Waals surface area contributed by atoms with E-state index >= 15 is 0 Å². The molecule has 5 heteroatoms. The van der Waals surface area contributed by atoms with Crippen molar-refractivity contribution in [1.82, 2.24) is 4.98 Å². The van der Waals surface area contributed by atoms with Crippen molar-refractivity contribution < 1.29 is 14.3 Å². The van der Waals surface area contributed by atoms with Gasteiger partial charge in [-0.25, -0.2) is 9.37 Å². The number of carboxylic acid groups (broad SMARTS) is 1. The number of rotatable bonds is 3. The lowest BCUT2D eigenvalue weighted by Gasteiger charge is -2.16. The summed E-state index contributed by atoms with van der Waals surface area (Å²) >= 11 is 1.70. The predicted octanol–water partition coefficient (Wildman–Crippen LogP) is 4.92. The van der Waals surface area contributed by atoms with E-state index in [4.69, 9.17) is 4.98 Å². The molecule has 0 aliphatic heterocycles. The van der Waals surface area contributed by atoms with E-state index in [1.165, 1.54) is 29.0 Å². The quantitative estimate of drug-likeness (QED) is 0.726. The number of hydrogen-bond donors (Lipinski definition) is 1. The highest BCUT2D eigenvalue weighted by molar-refractivity contribution is 7.19. The Hall–Kier alpha value is -2.27. The van der Waals surface area contributed by atoms with Crippen LogP contribution in [-0.4, -0.2) is 16.1 Å². The lowest BCUT2D eigenvalue weighted by molar-refractivity contribution is -0.136. The number of thiophene rings is 1. The summed E-state index contributed by atoms with van der Waals surface area (Å²) < 4.78 is 13.9. The van der Waals surface area contributed by atoms with E-state index in [1.54, 1.807) is 17.4 Å². The highest BCUT2D eigenvalue weighted by Crippen LogP contribution is 2.43. The van der Waals surface area contributed by atoms with Crippen molar-refractivity contribution in [3.05, 3.63) is 51.8 Å². The summed E-state index contributed by atoms with van der Waals surface area (Å²) in [5.41, 5.74) is 4.27. The SMILES string of the molecule is Cc1nc2sc3c(c2c(-c2cccc(F)c2)c1CC(=O)O)CCCC3. The van der Waals surface area contributed by atoms with Gasteiger partial charge in [0.2, 0.25) is 0 Å². The lowest BCUT2D eigenvalue weighted by atomic mass is 9.89. The van der Waals surface area contributed by atoms with Crippen LogP contribution in [0.15, 0.2) is 24.3 Å². The summed E-state index contributed by atoms with van der Waals surface area (Å²) in [5, 5.41) is 10.4. The predicted molar refractivity (Wildman–Crippen MR) is 97.7 cm³/mol. The second kappa shape index (κ2) is 6.23. The van der Waals surface area contributed by atoms with E-state index < -0.39 is 5.97 Å². The number of carbonyl (C=O) groups is 1. The molecule has 0 atom stereocenters. The number of hydrogen-bond acceptors (Lipinski definition) is 3. The maximum atomic E-state index is 13.9. The molecule has 0 saturated heterocycles. The van der Waals surface area contributed by atoms with Crippen molar-refractivity contribution in [3.8, 4) is 11.1 Å². The van der Waals surface area contributed by atoms with Crippen LogP contribution in [0.25, 0.3) is 21.3 Å². The number of aliphatic carboxylic acids is 1. The number of nitrogens with zero attached hydrogens (tertiary/aromatic N) is 1. The first-order valence-corrected chi connectivity index (χ1v) is 9.27. The van der Waals surface area contributed by atoms with Crippen molar-refractivity contribution >= 4 is 27.5 Å². The van der Waals surface area contributed by atoms with Crippen LogP contribution in [0, 0.1) is 12.7 Å². The summed E-state index contributed by atoms with van der Waals surface area (Å²) in [7, 11) is 0. The monoisotopic (exact) mass is 355 g/mol. The summed E-state index contributed by atoms with van der Waals surface area (Å²) in [4.78, 5) is 18.4. The largest absolute Gasteiger partial charge is 0.481 e. The molecule has 1 N–H and O–H groups in total. The van der Waals surface area contributed by atoms with Gasteiger partial charge in [0.1, 0.15) is 10.6 Å². The van der Waals surface area contributed by atoms with Gasteiger partial charge in [0.25, 0.3) is 0 Å². The van der Waals surface area contributed by atoms with Crippen molar-refractivity contribution in [2.45, 2.75) is 39.0 Å². The van der Waals surface area contributed by atoms with Gasteiger partial charge in [-0.3, -0.25) is 4.79 Å². The van der Waals surface area contributed by atoms with Crippen LogP contribution in [-0.2, 0) is 24.1 Å². The maximum absolute atomic E-state index is 13.9. The number of carboxylic acids is 1. The molecule has 2 aromatic heterocycles. The highest BCUT2D eigenvalue weighted by Gasteiger charge is 2.24. The Morgan fingerprint density at radius 1 is 1.32 bits per heavy atom. The normalized spacial score (nSPS) is 13.8. The molecule has 0 spiro atoms. The third-order valence-electron chi connectivity index (χ3n) is 4.85. The van der Waals surface area contributed by atoms with E-state index in [0.29, 0.717) is 11.3 Å². The van der Waals surface area contributed by atoms with Crippen LogP contribution < -0.4 is 0 Å². The van der Waals surface area contributed by atoms with Gasteiger partial charge >= 0.3 is 5.97 Å². The van der Waals surface area contributed by atoms with Gasteiger partial charge in [0.05, 0.1) is 6.42 Å². The fourth-order valence-electron chi connectivity index (χ4n) is 3.77. The van der Waals surface area contributed by atoms with E-state index in [-0.39, 0.29) is 12.2 Å². The molecule has 0 fully saturated rings. The Labute approximate surface area is 149 Å². The van der Waals surface area contributed by atoms with Crippen molar-refractivity contribution in [2.75, 3.05) is 0 Å². The molecule has 0 unspecified atom stereocenters. The Bertz CT molecular complexity index is 993. The minimum atomic E-state index is -0.897. The van der Waals surface area contributed by atoms with E-state index in [1.807, 2.05) is 13.0 Å².